The number of rotatable bonds is 4. The van der Waals surface area contributed by atoms with E-state index >= 15 is 0 Å². The molecule has 0 aromatic heterocycles. The summed E-state index contributed by atoms with van der Waals surface area (Å²) in [5.41, 5.74) is 3.14. The van der Waals surface area contributed by atoms with Crippen molar-refractivity contribution in [3.63, 3.8) is 0 Å². The Labute approximate surface area is 164 Å². The van der Waals surface area contributed by atoms with Crippen molar-refractivity contribution >= 4 is 64.6 Å². The summed E-state index contributed by atoms with van der Waals surface area (Å²) >= 11 is 23.6. The van der Waals surface area contributed by atoms with Gasteiger partial charge in [-0.15, -0.1) is 0 Å². The molecule has 0 heterocycles. The van der Waals surface area contributed by atoms with Gasteiger partial charge < -0.3 is 0 Å². The summed E-state index contributed by atoms with van der Waals surface area (Å²) in [6.07, 6.45) is 2.69. The summed E-state index contributed by atoms with van der Waals surface area (Å²) in [6, 6.07) is 11.4. The third-order valence-electron chi connectivity index (χ3n) is 2.96. The summed E-state index contributed by atoms with van der Waals surface area (Å²) in [5, 5.41) is 14.6. The number of hydrogen-bond donors (Lipinski definition) is 1. The highest BCUT2D eigenvalue weighted by Gasteiger charge is 2.09. The van der Waals surface area contributed by atoms with Crippen molar-refractivity contribution in [2.75, 3.05) is 0 Å². The van der Waals surface area contributed by atoms with Gasteiger partial charge in [0.25, 0.3) is 5.91 Å². The van der Waals surface area contributed by atoms with Crippen LogP contribution in [0.3, 0.4) is 0 Å². The average molecular weight is 413 g/mol. The molecule has 2 aromatic rings. The molecule has 0 bridgehead atoms. The van der Waals surface area contributed by atoms with Crippen LogP contribution in [-0.2, 0) is 4.79 Å². The van der Waals surface area contributed by atoms with Crippen LogP contribution in [0.4, 0.5) is 0 Å². The summed E-state index contributed by atoms with van der Waals surface area (Å²) in [6.45, 7) is 0. The lowest BCUT2D eigenvalue weighted by atomic mass is 10.1. The van der Waals surface area contributed by atoms with Gasteiger partial charge in [0, 0.05) is 20.6 Å². The quantitative estimate of drug-likeness (QED) is 0.318. The van der Waals surface area contributed by atoms with Crippen molar-refractivity contribution < 1.29 is 4.79 Å². The van der Waals surface area contributed by atoms with Gasteiger partial charge in [0.05, 0.1) is 11.2 Å². The largest absolute Gasteiger partial charge is 0.282 e. The fraction of sp³-hybridized carbons (Fsp3) is 0. The third-order valence-corrected chi connectivity index (χ3v) is 4.08. The zero-order chi connectivity index (χ0) is 18.4. The van der Waals surface area contributed by atoms with Crippen LogP contribution in [0, 0.1) is 11.3 Å². The Morgan fingerprint density at radius 1 is 1.00 bits per heavy atom. The molecular weight excluding hydrogens is 404 g/mol. The minimum Gasteiger partial charge on any atom is -0.267 e. The second kappa shape index (κ2) is 8.89. The molecule has 126 valence electrons. The van der Waals surface area contributed by atoms with Gasteiger partial charge >= 0.3 is 0 Å². The molecule has 0 aliphatic carbocycles. The Balaban J connectivity index is 2.13. The molecule has 4 nitrogen and oxygen atoms in total. The fourth-order valence-corrected chi connectivity index (χ4v) is 2.67. The van der Waals surface area contributed by atoms with Gasteiger partial charge in [-0.2, -0.15) is 10.4 Å². The van der Waals surface area contributed by atoms with Crippen LogP contribution in [0.15, 0.2) is 47.1 Å². The van der Waals surface area contributed by atoms with E-state index in [1.54, 1.807) is 36.4 Å². The molecule has 0 fully saturated rings. The van der Waals surface area contributed by atoms with Crippen molar-refractivity contribution in [3.8, 4) is 6.07 Å². The van der Waals surface area contributed by atoms with Crippen LogP contribution < -0.4 is 5.43 Å². The van der Waals surface area contributed by atoms with Gasteiger partial charge in [-0.3, -0.25) is 4.79 Å². The molecule has 0 aliphatic heterocycles. The molecular formula is C17H9Cl4N3O. The molecule has 0 saturated heterocycles. The number of benzene rings is 2. The predicted octanol–water partition coefficient (Wildman–Crippen LogP) is 5.36. The zero-order valence-corrected chi connectivity index (χ0v) is 15.5. The van der Waals surface area contributed by atoms with Crippen molar-refractivity contribution in [2.24, 2.45) is 5.10 Å². The number of nitrogens with zero attached hydrogens (tertiary/aromatic N) is 2. The summed E-state index contributed by atoms with van der Waals surface area (Å²) in [5.74, 6) is -0.685. The topological polar surface area (TPSA) is 65.2 Å². The number of hydrogen-bond acceptors (Lipinski definition) is 3. The standard InChI is InChI=1S/C17H9Cl4N3O/c18-13-3-1-10(15(20)6-13)5-12(8-22)17(25)24-23-9-11-2-4-14(19)7-16(11)21/h1-7,9H,(H,24,25). The van der Waals surface area contributed by atoms with Crippen molar-refractivity contribution in [2.45, 2.75) is 0 Å². The normalized spacial score (nSPS) is 11.4. The van der Waals surface area contributed by atoms with E-state index in [0.29, 0.717) is 31.2 Å². The van der Waals surface area contributed by atoms with Crippen LogP contribution in [-0.4, -0.2) is 12.1 Å². The van der Waals surface area contributed by atoms with E-state index in [-0.39, 0.29) is 5.57 Å². The minimum absolute atomic E-state index is 0.163. The summed E-state index contributed by atoms with van der Waals surface area (Å²) in [7, 11) is 0. The first kappa shape index (κ1) is 19.3. The third kappa shape index (κ3) is 5.48. The first-order valence-electron chi connectivity index (χ1n) is 6.76. The van der Waals surface area contributed by atoms with Gasteiger partial charge in [-0.25, -0.2) is 5.43 Å². The maximum Gasteiger partial charge on any atom is 0.282 e. The number of nitriles is 1. The second-order valence-electron chi connectivity index (χ2n) is 4.70. The zero-order valence-electron chi connectivity index (χ0n) is 12.4. The van der Waals surface area contributed by atoms with Crippen LogP contribution in [0.5, 0.6) is 0 Å². The van der Waals surface area contributed by atoms with Crippen LogP contribution in [0.2, 0.25) is 20.1 Å². The highest BCUT2D eigenvalue weighted by Crippen LogP contribution is 2.23. The number of halogens is 4. The number of amides is 1. The van der Waals surface area contributed by atoms with E-state index in [9.17, 15) is 4.79 Å². The molecule has 2 aromatic carbocycles. The monoisotopic (exact) mass is 411 g/mol. The molecule has 2 rings (SSSR count). The van der Waals surface area contributed by atoms with Crippen LogP contribution in [0.1, 0.15) is 11.1 Å². The molecule has 0 unspecified atom stereocenters. The van der Waals surface area contributed by atoms with Crippen LogP contribution >= 0.6 is 46.4 Å². The van der Waals surface area contributed by atoms with E-state index in [1.807, 2.05) is 0 Å². The Hall–Kier alpha value is -2.03. The van der Waals surface area contributed by atoms with Gasteiger partial charge in [0.1, 0.15) is 11.6 Å². The summed E-state index contributed by atoms with van der Waals surface area (Å²) in [4.78, 5) is 12.0. The van der Waals surface area contributed by atoms with Gasteiger partial charge in [0.15, 0.2) is 0 Å². The maximum absolute atomic E-state index is 12.0. The first-order chi connectivity index (χ1) is 11.9. The molecule has 0 saturated carbocycles. The molecule has 1 amide bonds. The molecule has 0 spiro atoms. The Morgan fingerprint density at radius 3 is 2.08 bits per heavy atom. The number of hydrazone groups is 1. The van der Waals surface area contributed by atoms with Crippen molar-refractivity contribution in [1.29, 1.82) is 5.26 Å². The van der Waals surface area contributed by atoms with E-state index < -0.39 is 5.91 Å². The lowest BCUT2D eigenvalue weighted by Crippen LogP contribution is -2.19. The summed E-state index contributed by atoms with van der Waals surface area (Å²) < 4.78 is 0. The van der Waals surface area contributed by atoms with Gasteiger partial charge in [-0.05, 0) is 35.9 Å². The highest BCUT2D eigenvalue weighted by molar-refractivity contribution is 6.36. The number of carbonyl (C=O) groups is 1. The van der Waals surface area contributed by atoms with Crippen molar-refractivity contribution in [1.82, 2.24) is 5.43 Å². The SMILES string of the molecule is N#CC(=Cc1ccc(Cl)cc1Cl)C(=O)NN=Cc1ccc(Cl)cc1Cl. The Kier molecular flexibility index (Phi) is 6.86. The second-order valence-corrected chi connectivity index (χ2v) is 6.39. The van der Waals surface area contributed by atoms with E-state index in [4.69, 9.17) is 51.7 Å². The van der Waals surface area contributed by atoms with Gasteiger partial charge in [-0.1, -0.05) is 58.5 Å². The molecule has 0 aliphatic rings. The lowest BCUT2D eigenvalue weighted by Gasteiger charge is -2.02. The molecule has 8 heteroatoms. The minimum atomic E-state index is -0.685. The predicted molar refractivity (Wildman–Crippen MR) is 102 cm³/mol. The molecule has 25 heavy (non-hydrogen) atoms. The maximum atomic E-state index is 12.0. The van der Waals surface area contributed by atoms with Crippen LogP contribution in [0.25, 0.3) is 6.08 Å². The molecule has 0 atom stereocenters. The Bertz CT molecular complexity index is 917. The molecule has 0 radical (unpaired) electrons. The lowest BCUT2D eigenvalue weighted by molar-refractivity contribution is -0.117. The molecule has 1 N–H and O–H groups in total. The fourth-order valence-electron chi connectivity index (χ4n) is 1.75. The average Bonchev–Trinajstić information content (AvgIpc) is 2.56. The number of carbonyl (C=O) groups excluding carboxylic acids is 1. The Morgan fingerprint density at radius 2 is 1.56 bits per heavy atom. The van der Waals surface area contributed by atoms with E-state index in [2.05, 4.69) is 10.5 Å². The van der Waals surface area contributed by atoms with Gasteiger partial charge in [0.2, 0.25) is 0 Å². The van der Waals surface area contributed by atoms with E-state index in [1.165, 1.54) is 18.4 Å². The smallest absolute Gasteiger partial charge is 0.267 e. The highest BCUT2D eigenvalue weighted by atomic mass is 35.5. The first-order valence-corrected chi connectivity index (χ1v) is 8.27. The number of nitrogens with one attached hydrogen (secondary N) is 1. The van der Waals surface area contributed by atoms with E-state index in [0.717, 1.165) is 0 Å². The van der Waals surface area contributed by atoms with Crippen molar-refractivity contribution in [3.05, 3.63) is 73.2 Å².